The summed E-state index contributed by atoms with van der Waals surface area (Å²) in [5.74, 6) is 0.265. The molecule has 3 N–H and O–H groups in total. The second kappa shape index (κ2) is 6.41. The molecule has 0 aliphatic heterocycles. The summed E-state index contributed by atoms with van der Waals surface area (Å²) in [7, 11) is -1.29. The number of hydrogen-bond donors (Lipinski definition) is 2. The number of sulfonamides is 1. The van der Waals surface area contributed by atoms with E-state index in [9.17, 15) is 13.2 Å². The number of anilines is 1. The summed E-state index contributed by atoms with van der Waals surface area (Å²) in [5, 5.41) is 7.52. The van der Waals surface area contributed by atoms with E-state index in [-0.39, 0.29) is 22.1 Å². The number of ether oxygens (including phenoxy) is 3. The second-order valence-corrected chi connectivity index (χ2v) is 6.94. The third-order valence-electron chi connectivity index (χ3n) is 2.42. The molecule has 0 aliphatic rings. The van der Waals surface area contributed by atoms with Gasteiger partial charge in [-0.25, -0.2) is 18.4 Å². The van der Waals surface area contributed by atoms with E-state index in [4.69, 9.17) is 19.3 Å². The van der Waals surface area contributed by atoms with Gasteiger partial charge in [0.1, 0.15) is 5.60 Å². The Morgan fingerprint density at radius 2 is 1.77 bits per heavy atom. The molecule has 0 aliphatic carbocycles. The fourth-order valence-electron chi connectivity index (χ4n) is 1.61. The molecular formula is C13H20N2O6S. The summed E-state index contributed by atoms with van der Waals surface area (Å²) >= 11 is 0. The lowest BCUT2D eigenvalue weighted by atomic mass is 10.2. The highest BCUT2D eigenvalue weighted by molar-refractivity contribution is 7.89. The SMILES string of the molecule is COc1cc(S(N)(=O)=O)cc(NC(=O)OC(C)(C)C)c1OC. The summed E-state index contributed by atoms with van der Waals surface area (Å²) in [5.41, 5.74) is -0.640. The van der Waals surface area contributed by atoms with Crippen LogP contribution in [0.4, 0.5) is 10.5 Å². The third-order valence-corrected chi connectivity index (χ3v) is 3.31. The van der Waals surface area contributed by atoms with Gasteiger partial charge in [0.05, 0.1) is 24.8 Å². The van der Waals surface area contributed by atoms with Crippen LogP contribution in [0, 0.1) is 0 Å². The van der Waals surface area contributed by atoms with Gasteiger partial charge in [-0.1, -0.05) is 0 Å². The van der Waals surface area contributed by atoms with Crippen molar-refractivity contribution in [3.8, 4) is 11.5 Å². The number of carbonyl (C=O) groups is 1. The maximum atomic E-state index is 11.8. The van der Waals surface area contributed by atoms with Crippen molar-refractivity contribution in [2.45, 2.75) is 31.3 Å². The zero-order valence-corrected chi connectivity index (χ0v) is 13.9. The quantitative estimate of drug-likeness (QED) is 0.866. The number of amides is 1. The molecule has 8 nitrogen and oxygen atoms in total. The van der Waals surface area contributed by atoms with E-state index in [0.717, 1.165) is 0 Å². The van der Waals surface area contributed by atoms with Crippen molar-refractivity contribution < 1.29 is 27.4 Å². The Kier molecular flexibility index (Phi) is 5.26. The average molecular weight is 332 g/mol. The van der Waals surface area contributed by atoms with Gasteiger partial charge < -0.3 is 14.2 Å². The minimum atomic E-state index is -3.98. The molecule has 0 radical (unpaired) electrons. The maximum Gasteiger partial charge on any atom is 0.412 e. The second-order valence-electron chi connectivity index (χ2n) is 5.38. The number of hydrogen-bond acceptors (Lipinski definition) is 6. The summed E-state index contributed by atoms with van der Waals surface area (Å²) in [6.07, 6.45) is -0.764. The number of primary sulfonamides is 1. The number of benzene rings is 1. The van der Waals surface area contributed by atoms with Crippen molar-refractivity contribution in [3.05, 3.63) is 12.1 Å². The first-order valence-electron chi connectivity index (χ1n) is 6.26. The minimum Gasteiger partial charge on any atom is -0.493 e. The lowest BCUT2D eigenvalue weighted by molar-refractivity contribution is 0.0635. The van der Waals surface area contributed by atoms with Crippen LogP contribution >= 0.6 is 0 Å². The lowest BCUT2D eigenvalue weighted by Gasteiger charge is -2.21. The number of rotatable bonds is 4. The highest BCUT2D eigenvalue weighted by Gasteiger charge is 2.22. The highest BCUT2D eigenvalue weighted by atomic mass is 32.2. The Hall–Kier alpha value is -2.00. The van der Waals surface area contributed by atoms with Crippen LogP contribution in [-0.4, -0.2) is 34.3 Å². The average Bonchev–Trinajstić information content (AvgIpc) is 2.34. The zero-order valence-electron chi connectivity index (χ0n) is 13.1. The largest absolute Gasteiger partial charge is 0.493 e. The Morgan fingerprint density at radius 3 is 2.18 bits per heavy atom. The molecule has 0 aromatic heterocycles. The van der Waals surface area contributed by atoms with Crippen LogP contribution in [0.5, 0.6) is 11.5 Å². The molecule has 1 rings (SSSR count). The number of nitrogens with two attached hydrogens (primary N) is 1. The first-order valence-corrected chi connectivity index (χ1v) is 7.81. The van der Waals surface area contributed by atoms with Crippen molar-refractivity contribution in [2.75, 3.05) is 19.5 Å². The van der Waals surface area contributed by atoms with Crippen LogP contribution in [0.2, 0.25) is 0 Å². The molecule has 0 atom stereocenters. The van der Waals surface area contributed by atoms with E-state index >= 15 is 0 Å². The highest BCUT2D eigenvalue weighted by Crippen LogP contribution is 2.37. The maximum absolute atomic E-state index is 11.8. The topological polar surface area (TPSA) is 117 Å². The van der Waals surface area contributed by atoms with Gasteiger partial charge in [-0.2, -0.15) is 0 Å². The van der Waals surface area contributed by atoms with Gasteiger partial charge in [0.25, 0.3) is 0 Å². The van der Waals surface area contributed by atoms with Crippen molar-refractivity contribution in [2.24, 2.45) is 5.14 Å². The van der Waals surface area contributed by atoms with E-state index in [1.165, 1.54) is 26.4 Å². The molecule has 0 saturated heterocycles. The van der Waals surface area contributed by atoms with Crippen LogP contribution in [0.25, 0.3) is 0 Å². The van der Waals surface area contributed by atoms with Crippen molar-refractivity contribution in [3.63, 3.8) is 0 Å². The molecule has 22 heavy (non-hydrogen) atoms. The fraction of sp³-hybridized carbons (Fsp3) is 0.462. The van der Waals surface area contributed by atoms with E-state index in [1.54, 1.807) is 20.8 Å². The molecule has 9 heteroatoms. The number of carbonyl (C=O) groups excluding carboxylic acids is 1. The van der Waals surface area contributed by atoms with Gasteiger partial charge in [0.2, 0.25) is 10.0 Å². The van der Waals surface area contributed by atoms with Crippen molar-refractivity contribution in [1.82, 2.24) is 0 Å². The standard InChI is InChI=1S/C13H20N2O6S/c1-13(2,3)21-12(16)15-9-6-8(22(14,17)18)7-10(19-4)11(9)20-5/h6-7H,1-5H3,(H,15,16)(H2,14,17,18). The first-order chi connectivity index (χ1) is 9.97. The predicted molar refractivity (Wildman–Crippen MR) is 80.8 cm³/mol. The van der Waals surface area contributed by atoms with E-state index < -0.39 is 21.7 Å². The van der Waals surface area contributed by atoms with Gasteiger partial charge >= 0.3 is 6.09 Å². The Labute approximate surface area is 129 Å². The fourth-order valence-corrected chi connectivity index (χ4v) is 2.16. The normalized spacial score (nSPS) is 11.7. The summed E-state index contributed by atoms with van der Waals surface area (Å²) in [4.78, 5) is 11.6. The summed E-state index contributed by atoms with van der Waals surface area (Å²) < 4.78 is 38.3. The molecule has 0 fully saturated rings. The predicted octanol–water partition coefficient (Wildman–Crippen LogP) is 1.70. The molecule has 1 amide bonds. The molecule has 0 saturated carbocycles. The molecular weight excluding hydrogens is 312 g/mol. The zero-order chi connectivity index (χ0) is 17.1. The Bertz CT molecular complexity index is 664. The monoisotopic (exact) mass is 332 g/mol. The minimum absolute atomic E-state index is 0.0696. The smallest absolute Gasteiger partial charge is 0.412 e. The van der Waals surface area contributed by atoms with Gasteiger partial charge in [-0.05, 0) is 26.8 Å². The lowest BCUT2D eigenvalue weighted by Crippen LogP contribution is -2.27. The summed E-state index contributed by atoms with van der Waals surface area (Å²) in [6, 6.07) is 2.37. The van der Waals surface area contributed by atoms with Gasteiger partial charge in [0, 0.05) is 6.07 Å². The molecule has 0 bridgehead atoms. The van der Waals surface area contributed by atoms with E-state index in [2.05, 4.69) is 5.32 Å². The van der Waals surface area contributed by atoms with Crippen LogP contribution in [-0.2, 0) is 14.8 Å². The molecule has 1 aromatic carbocycles. The number of methoxy groups -OCH3 is 2. The third kappa shape index (κ3) is 4.78. The van der Waals surface area contributed by atoms with E-state index in [0.29, 0.717) is 0 Å². The molecule has 0 unspecified atom stereocenters. The molecule has 1 aromatic rings. The molecule has 0 heterocycles. The van der Waals surface area contributed by atoms with Crippen LogP contribution < -0.4 is 19.9 Å². The van der Waals surface area contributed by atoms with Crippen LogP contribution in [0.3, 0.4) is 0 Å². The van der Waals surface area contributed by atoms with Crippen LogP contribution in [0.15, 0.2) is 17.0 Å². The van der Waals surface area contributed by atoms with Gasteiger partial charge in [-0.15, -0.1) is 0 Å². The number of nitrogens with one attached hydrogen (secondary N) is 1. The van der Waals surface area contributed by atoms with Gasteiger partial charge in [0.15, 0.2) is 11.5 Å². The van der Waals surface area contributed by atoms with Crippen molar-refractivity contribution in [1.29, 1.82) is 0 Å². The summed E-state index contributed by atoms with van der Waals surface area (Å²) in [6.45, 7) is 5.10. The van der Waals surface area contributed by atoms with Gasteiger partial charge in [-0.3, -0.25) is 5.32 Å². The van der Waals surface area contributed by atoms with E-state index in [1.807, 2.05) is 0 Å². The molecule has 0 spiro atoms. The Morgan fingerprint density at radius 1 is 1.18 bits per heavy atom. The van der Waals surface area contributed by atoms with Crippen molar-refractivity contribution >= 4 is 21.8 Å². The Balaban J connectivity index is 3.29. The van der Waals surface area contributed by atoms with Crippen LogP contribution in [0.1, 0.15) is 20.8 Å². The molecule has 124 valence electrons. The first kappa shape index (κ1) is 18.1.